The third kappa shape index (κ3) is 4.20. The minimum atomic E-state index is -0.227. The minimum Gasteiger partial charge on any atom is -0.373 e. The van der Waals surface area contributed by atoms with Gasteiger partial charge in [-0.2, -0.15) is 0 Å². The van der Waals surface area contributed by atoms with Crippen LogP contribution in [0.5, 0.6) is 0 Å². The van der Waals surface area contributed by atoms with Crippen molar-refractivity contribution in [1.82, 2.24) is 15.3 Å². The van der Waals surface area contributed by atoms with E-state index in [0.29, 0.717) is 5.82 Å². The number of anilines is 2. The van der Waals surface area contributed by atoms with Gasteiger partial charge in [0.15, 0.2) is 0 Å². The molecule has 1 heterocycles. The second-order valence-corrected chi connectivity index (χ2v) is 5.10. The van der Waals surface area contributed by atoms with Crippen LogP contribution in [0.2, 0.25) is 0 Å². The van der Waals surface area contributed by atoms with Gasteiger partial charge in [-0.3, -0.25) is 4.79 Å². The van der Waals surface area contributed by atoms with Gasteiger partial charge in [-0.15, -0.1) is 0 Å². The lowest BCUT2D eigenvalue weighted by Crippen LogP contribution is -2.43. The number of amides is 1. The van der Waals surface area contributed by atoms with Gasteiger partial charge in [0.25, 0.3) is 0 Å². The van der Waals surface area contributed by atoms with Crippen molar-refractivity contribution in [2.75, 3.05) is 24.2 Å². The van der Waals surface area contributed by atoms with Crippen molar-refractivity contribution in [3.63, 3.8) is 0 Å². The molecular weight excluding hydrogens is 230 g/mol. The molecular formula is C12H21N5O. The molecule has 100 valence electrons. The SMILES string of the molecule is CNc1ncnc(NCC(=O)NC(C)(C)C)c1C. The van der Waals surface area contributed by atoms with Crippen LogP contribution < -0.4 is 16.0 Å². The zero-order chi connectivity index (χ0) is 13.8. The van der Waals surface area contributed by atoms with E-state index in [-0.39, 0.29) is 18.0 Å². The summed E-state index contributed by atoms with van der Waals surface area (Å²) in [4.78, 5) is 19.9. The summed E-state index contributed by atoms with van der Waals surface area (Å²) >= 11 is 0. The number of hydrogen-bond acceptors (Lipinski definition) is 5. The number of nitrogens with zero attached hydrogens (tertiary/aromatic N) is 2. The Morgan fingerprint density at radius 1 is 1.28 bits per heavy atom. The van der Waals surface area contributed by atoms with Crippen molar-refractivity contribution in [2.24, 2.45) is 0 Å². The highest BCUT2D eigenvalue weighted by molar-refractivity contribution is 5.81. The monoisotopic (exact) mass is 251 g/mol. The van der Waals surface area contributed by atoms with Gasteiger partial charge in [-0.25, -0.2) is 9.97 Å². The third-order valence-electron chi connectivity index (χ3n) is 2.25. The Hall–Kier alpha value is -1.85. The fraction of sp³-hybridized carbons (Fsp3) is 0.583. The summed E-state index contributed by atoms with van der Waals surface area (Å²) in [7, 11) is 1.80. The average molecular weight is 251 g/mol. The minimum absolute atomic E-state index is 0.0634. The molecule has 6 heteroatoms. The molecule has 6 nitrogen and oxygen atoms in total. The Balaban J connectivity index is 2.61. The molecule has 1 rings (SSSR count). The number of aromatic nitrogens is 2. The zero-order valence-electron chi connectivity index (χ0n) is 11.6. The normalized spacial score (nSPS) is 10.9. The van der Waals surface area contributed by atoms with Gasteiger partial charge in [0.05, 0.1) is 6.54 Å². The molecule has 0 radical (unpaired) electrons. The molecule has 0 unspecified atom stereocenters. The van der Waals surface area contributed by atoms with Crippen LogP contribution in [0.1, 0.15) is 26.3 Å². The largest absolute Gasteiger partial charge is 0.373 e. The van der Waals surface area contributed by atoms with Crippen molar-refractivity contribution in [1.29, 1.82) is 0 Å². The third-order valence-corrected chi connectivity index (χ3v) is 2.25. The molecule has 0 saturated carbocycles. The first-order valence-electron chi connectivity index (χ1n) is 5.87. The highest BCUT2D eigenvalue weighted by Gasteiger charge is 2.14. The summed E-state index contributed by atoms with van der Waals surface area (Å²) < 4.78 is 0. The maximum atomic E-state index is 11.7. The van der Waals surface area contributed by atoms with Crippen molar-refractivity contribution in [2.45, 2.75) is 33.2 Å². The van der Waals surface area contributed by atoms with E-state index in [1.54, 1.807) is 7.05 Å². The maximum absolute atomic E-state index is 11.7. The lowest BCUT2D eigenvalue weighted by molar-refractivity contribution is -0.120. The Morgan fingerprint density at radius 3 is 2.44 bits per heavy atom. The van der Waals surface area contributed by atoms with Crippen molar-refractivity contribution < 1.29 is 4.79 Å². The molecule has 1 aromatic rings. The predicted octanol–water partition coefficient (Wildman–Crippen LogP) is 1.15. The molecule has 0 fully saturated rings. The highest BCUT2D eigenvalue weighted by atomic mass is 16.2. The maximum Gasteiger partial charge on any atom is 0.239 e. The van der Waals surface area contributed by atoms with Gasteiger partial charge in [0.1, 0.15) is 18.0 Å². The number of nitrogens with one attached hydrogen (secondary N) is 3. The quantitative estimate of drug-likeness (QED) is 0.748. The molecule has 0 spiro atoms. The lowest BCUT2D eigenvalue weighted by atomic mass is 10.1. The van der Waals surface area contributed by atoms with Gasteiger partial charge < -0.3 is 16.0 Å². The van der Waals surface area contributed by atoms with Crippen LogP contribution in [0, 0.1) is 6.92 Å². The second kappa shape index (κ2) is 5.66. The summed E-state index contributed by atoms with van der Waals surface area (Å²) in [6.07, 6.45) is 1.46. The number of rotatable bonds is 4. The highest BCUT2D eigenvalue weighted by Crippen LogP contribution is 2.16. The topological polar surface area (TPSA) is 78.9 Å². The van der Waals surface area contributed by atoms with Crippen molar-refractivity contribution in [3.8, 4) is 0 Å². The van der Waals surface area contributed by atoms with Gasteiger partial charge in [-0.05, 0) is 27.7 Å². The van der Waals surface area contributed by atoms with E-state index in [1.807, 2.05) is 27.7 Å². The summed E-state index contributed by atoms with van der Waals surface area (Å²) in [5.41, 5.74) is 0.666. The van der Waals surface area contributed by atoms with E-state index in [4.69, 9.17) is 0 Å². The molecule has 0 atom stereocenters. The first kappa shape index (κ1) is 14.2. The first-order chi connectivity index (χ1) is 8.33. The van der Waals surface area contributed by atoms with Crippen LogP contribution in [0.15, 0.2) is 6.33 Å². The van der Waals surface area contributed by atoms with Crippen molar-refractivity contribution in [3.05, 3.63) is 11.9 Å². The van der Waals surface area contributed by atoms with Gasteiger partial charge in [0.2, 0.25) is 5.91 Å². The van der Waals surface area contributed by atoms with E-state index >= 15 is 0 Å². The van der Waals surface area contributed by atoms with E-state index < -0.39 is 0 Å². The lowest BCUT2D eigenvalue weighted by Gasteiger charge is -2.20. The van der Waals surface area contributed by atoms with E-state index in [9.17, 15) is 4.79 Å². The summed E-state index contributed by atoms with van der Waals surface area (Å²) in [6.45, 7) is 7.92. The van der Waals surface area contributed by atoms with Crippen LogP contribution in [-0.2, 0) is 4.79 Å². The Bertz CT molecular complexity index is 425. The molecule has 3 N–H and O–H groups in total. The van der Waals surface area contributed by atoms with Crippen LogP contribution in [0.3, 0.4) is 0 Å². The average Bonchev–Trinajstić information content (AvgIpc) is 2.25. The van der Waals surface area contributed by atoms with Gasteiger partial charge >= 0.3 is 0 Å². The first-order valence-corrected chi connectivity index (χ1v) is 5.87. The van der Waals surface area contributed by atoms with E-state index in [0.717, 1.165) is 11.4 Å². The van der Waals surface area contributed by atoms with E-state index in [1.165, 1.54) is 6.33 Å². The Labute approximate surface area is 108 Å². The predicted molar refractivity (Wildman–Crippen MR) is 72.7 cm³/mol. The molecule has 0 aromatic carbocycles. The summed E-state index contributed by atoms with van der Waals surface area (Å²) in [5.74, 6) is 1.36. The van der Waals surface area contributed by atoms with Crippen molar-refractivity contribution >= 4 is 17.5 Å². The molecule has 0 aliphatic heterocycles. The van der Waals surface area contributed by atoms with Crippen LogP contribution >= 0.6 is 0 Å². The molecule has 0 bridgehead atoms. The molecule has 0 aliphatic rings. The number of carbonyl (C=O) groups excluding carboxylic acids is 1. The molecule has 18 heavy (non-hydrogen) atoms. The fourth-order valence-corrected chi connectivity index (χ4v) is 1.51. The van der Waals surface area contributed by atoms with Crippen LogP contribution in [0.4, 0.5) is 11.6 Å². The second-order valence-electron chi connectivity index (χ2n) is 5.10. The molecule has 0 saturated heterocycles. The van der Waals surface area contributed by atoms with Crippen LogP contribution in [0.25, 0.3) is 0 Å². The van der Waals surface area contributed by atoms with Crippen LogP contribution in [-0.4, -0.2) is 35.0 Å². The molecule has 1 aromatic heterocycles. The standard InChI is InChI=1S/C12H21N5O/c1-8-10(13-5)15-7-16-11(8)14-6-9(18)17-12(2,3)4/h7H,6H2,1-5H3,(H,17,18)(H2,13,14,15,16). The summed E-state index contributed by atoms with van der Waals surface area (Å²) in [5, 5.41) is 8.85. The Kier molecular flexibility index (Phi) is 4.47. The van der Waals surface area contributed by atoms with E-state index in [2.05, 4.69) is 25.9 Å². The molecule has 1 amide bonds. The zero-order valence-corrected chi connectivity index (χ0v) is 11.6. The number of carbonyl (C=O) groups is 1. The smallest absolute Gasteiger partial charge is 0.239 e. The molecule has 0 aliphatic carbocycles. The fourth-order valence-electron chi connectivity index (χ4n) is 1.51. The Morgan fingerprint density at radius 2 is 1.89 bits per heavy atom. The van der Waals surface area contributed by atoms with Gasteiger partial charge in [-0.1, -0.05) is 0 Å². The van der Waals surface area contributed by atoms with Gasteiger partial charge in [0, 0.05) is 18.2 Å². The number of hydrogen-bond donors (Lipinski definition) is 3. The summed E-state index contributed by atoms with van der Waals surface area (Å²) in [6, 6.07) is 0.